The van der Waals surface area contributed by atoms with E-state index in [0.717, 1.165) is 11.1 Å². The van der Waals surface area contributed by atoms with Crippen molar-refractivity contribution in [3.8, 4) is 11.5 Å². The second-order valence-electron chi connectivity index (χ2n) is 8.12. The maximum atomic E-state index is 12.9. The highest BCUT2D eigenvalue weighted by molar-refractivity contribution is 5.98. The van der Waals surface area contributed by atoms with Gasteiger partial charge in [0, 0.05) is 25.5 Å². The van der Waals surface area contributed by atoms with Gasteiger partial charge >= 0.3 is 12.1 Å². The van der Waals surface area contributed by atoms with Crippen LogP contribution in [-0.2, 0) is 30.9 Å². The van der Waals surface area contributed by atoms with Gasteiger partial charge in [0.25, 0.3) is 0 Å². The van der Waals surface area contributed by atoms with Crippen LogP contribution in [0.4, 0.5) is 4.79 Å². The van der Waals surface area contributed by atoms with E-state index >= 15 is 0 Å². The maximum absolute atomic E-state index is 12.9. The molecule has 158 valence electrons. The minimum Gasteiger partial charge on any atom is -0.493 e. The van der Waals surface area contributed by atoms with E-state index in [1.807, 2.05) is 6.07 Å². The maximum Gasteiger partial charge on any atom is 0.412 e. The van der Waals surface area contributed by atoms with Crippen molar-refractivity contribution in [3.05, 3.63) is 35.4 Å². The van der Waals surface area contributed by atoms with E-state index in [2.05, 4.69) is 0 Å². The van der Waals surface area contributed by atoms with Gasteiger partial charge in [0.15, 0.2) is 23.4 Å². The normalized spacial score (nSPS) is 32.2. The summed E-state index contributed by atoms with van der Waals surface area (Å²) in [6.45, 7) is 3.55. The molecule has 0 saturated carbocycles. The number of methoxy groups -OCH3 is 1. The standard InChI is InChI=1S/C22H23NO7/c1-4-28-20(26)23-10-9-21-16-8-6-14(25)19(21)29-18-15(27-3)7-5-13(17(18)21)11-22(16,23)30-12(2)24/h5-8,16,19H,4,9-11H2,1-3H3. The predicted octanol–water partition coefficient (Wildman–Crippen LogP) is 2.13. The zero-order chi connectivity index (χ0) is 21.3. The summed E-state index contributed by atoms with van der Waals surface area (Å²) in [5, 5.41) is 0. The van der Waals surface area contributed by atoms with Gasteiger partial charge in [0.1, 0.15) is 0 Å². The molecule has 4 atom stereocenters. The molecule has 1 spiro atoms. The Morgan fingerprint density at radius 1 is 1.33 bits per heavy atom. The molecule has 8 heteroatoms. The summed E-state index contributed by atoms with van der Waals surface area (Å²) in [7, 11) is 1.56. The summed E-state index contributed by atoms with van der Waals surface area (Å²) < 4.78 is 23.0. The zero-order valence-electron chi connectivity index (χ0n) is 17.1. The van der Waals surface area contributed by atoms with Crippen LogP contribution in [-0.4, -0.2) is 54.8 Å². The van der Waals surface area contributed by atoms with E-state index in [-0.39, 0.29) is 25.4 Å². The van der Waals surface area contributed by atoms with Gasteiger partial charge in [-0.05, 0) is 31.1 Å². The molecule has 0 N–H and O–H groups in total. The number of hydrogen-bond donors (Lipinski definition) is 0. The van der Waals surface area contributed by atoms with Crippen LogP contribution in [0.1, 0.15) is 31.4 Å². The summed E-state index contributed by atoms with van der Waals surface area (Å²) >= 11 is 0. The third kappa shape index (κ3) is 2.14. The van der Waals surface area contributed by atoms with Gasteiger partial charge in [-0.15, -0.1) is 0 Å². The van der Waals surface area contributed by atoms with Crippen LogP contribution >= 0.6 is 0 Å². The van der Waals surface area contributed by atoms with Crippen molar-refractivity contribution in [1.29, 1.82) is 0 Å². The molecule has 8 nitrogen and oxygen atoms in total. The average molecular weight is 413 g/mol. The average Bonchev–Trinajstić information content (AvgIpc) is 3.04. The summed E-state index contributed by atoms with van der Waals surface area (Å²) in [5.74, 6) is 0.0496. The highest BCUT2D eigenvalue weighted by Gasteiger charge is 2.72. The first-order chi connectivity index (χ1) is 14.4. The number of ketones is 1. The monoisotopic (exact) mass is 413 g/mol. The first-order valence-corrected chi connectivity index (χ1v) is 10.1. The first kappa shape index (κ1) is 19.0. The van der Waals surface area contributed by atoms with E-state index in [0.29, 0.717) is 17.9 Å². The van der Waals surface area contributed by atoms with Crippen molar-refractivity contribution >= 4 is 17.8 Å². The highest BCUT2D eigenvalue weighted by Crippen LogP contribution is 2.65. The molecule has 4 unspecified atom stereocenters. The van der Waals surface area contributed by atoms with Gasteiger partial charge < -0.3 is 18.9 Å². The number of piperidine rings is 1. The van der Waals surface area contributed by atoms with Gasteiger partial charge in [-0.25, -0.2) is 4.79 Å². The third-order valence-corrected chi connectivity index (χ3v) is 6.81. The Morgan fingerprint density at radius 2 is 2.13 bits per heavy atom. The van der Waals surface area contributed by atoms with E-state index < -0.39 is 35.2 Å². The van der Waals surface area contributed by atoms with E-state index in [1.54, 1.807) is 26.2 Å². The van der Waals surface area contributed by atoms with Crippen LogP contribution in [0.2, 0.25) is 0 Å². The molecule has 2 aliphatic heterocycles. The molecular weight excluding hydrogens is 390 g/mol. The summed E-state index contributed by atoms with van der Waals surface area (Å²) in [6, 6.07) is 3.68. The molecular formula is C22H23NO7. The fourth-order valence-electron chi connectivity index (χ4n) is 5.92. The van der Waals surface area contributed by atoms with Crippen LogP contribution in [0.5, 0.6) is 11.5 Å². The highest BCUT2D eigenvalue weighted by atomic mass is 16.6. The Labute approximate surface area is 173 Å². The van der Waals surface area contributed by atoms with Crippen molar-refractivity contribution in [2.24, 2.45) is 5.92 Å². The van der Waals surface area contributed by atoms with Gasteiger partial charge in [0.2, 0.25) is 5.72 Å². The van der Waals surface area contributed by atoms with Crippen molar-refractivity contribution in [2.75, 3.05) is 20.3 Å². The number of amides is 1. The lowest BCUT2D eigenvalue weighted by atomic mass is 9.52. The van der Waals surface area contributed by atoms with Crippen LogP contribution in [0, 0.1) is 5.92 Å². The molecule has 30 heavy (non-hydrogen) atoms. The molecule has 0 radical (unpaired) electrons. The SMILES string of the molecule is CCOC(=O)N1CCC23c4c5ccc(OC)c4OC2C(=O)C=CC3C1(OC(C)=O)C5. The largest absolute Gasteiger partial charge is 0.493 e. The smallest absolute Gasteiger partial charge is 0.412 e. The van der Waals surface area contributed by atoms with Crippen molar-refractivity contribution in [1.82, 2.24) is 4.90 Å². The van der Waals surface area contributed by atoms with Crippen LogP contribution in [0.25, 0.3) is 0 Å². The molecule has 2 aliphatic carbocycles. The van der Waals surface area contributed by atoms with Crippen LogP contribution < -0.4 is 9.47 Å². The fourth-order valence-corrected chi connectivity index (χ4v) is 5.92. The summed E-state index contributed by atoms with van der Waals surface area (Å²) in [5.41, 5.74) is -0.219. The van der Waals surface area contributed by atoms with Crippen molar-refractivity contribution in [2.45, 2.75) is 43.9 Å². The first-order valence-electron chi connectivity index (χ1n) is 10.1. The molecule has 1 fully saturated rings. The summed E-state index contributed by atoms with van der Waals surface area (Å²) in [6.07, 6.45) is 2.72. The summed E-state index contributed by atoms with van der Waals surface area (Å²) in [4.78, 5) is 39.5. The van der Waals surface area contributed by atoms with Gasteiger partial charge in [0.05, 0.1) is 25.0 Å². The Kier molecular flexibility index (Phi) is 3.94. The predicted molar refractivity (Wildman–Crippen MR) is 103 cm³/mol. The number of rotatable bonds is 3. The van der Waals surface area contributed by atoms with E-state index in [9.17, 15) is 14.4 Å². The van der Waals surface area contributed by atoms with Crippen LogP contribution in [0.3, 0.4) is 0 Å². The van der Waals surface area contributed by atoms with Gasteiger partial charge in [-0.2, -0.15) is 0 Å². The third-order valence-electron chi connectivity index (χ3n) is 6.81. The van der Waals surface area contributed by atoms with Gasteiger partial charge in [-0.3, -0.25) is 14.5 Å². The lowest BCUT2D eigenvalue weighted by Gasteiger charge is -2.60. The minimum atomic E-state index is -1.29. The lowest BCUT2D eigenvalue weighted by Crippen LogP contribution is -2.73. The quantitative estimate of drug-likeness (QED) is 0.701. The van der Waals surface area contributed by atoms with Crippen molar-refractivity contribution in [3.63, 3.8) is 0 Å². The number of benzene rings is 1. The number of carbonyl (C=O) groups is 3. The van der Waals surface area contributed by atoms with Crippen LogP contribution in [0.15, 0.2) is 24.3 Å². The second-order valence-corrected chi connectivity index (χ2v) is 8.12. The Morgan fingerprint density at radius 3 is 2.83 bits per heavy atom. The molecule has 1 aromatic rings. The lowest BCUT2D eigenvalue weighted by molar-refractivity contribution is -0.215. The molecule has 5 rings (SSSR count). The number of hydrogen-bond acceptors (Lipinski definition) is 7. The molecule has 2 bridgehead atoms. The molecule has 0 aromatic heterocycles. The number of nitrogens with zero attached hydrogens (tertiary/aromatic N) is 1. The Hall–Kier alpha value is -3.03. The van der Waals surface area contributed by atoms with E-state index in [4.69, 9.17) is 18.9 Å². The number of esters is 1. The minimum absolute atomic E-state index is 0.140. The fraction of sp³-hybridized carbons (Fsp3) is 0.500. The molecule has 2 heterocycles. The number of likely N-dealkylation sites (tertiary alicyclic amines) is 1. The number of ether oxygens (including phenoxy) is 4. The topological polar surface area (TPSA) is 91.4 Å². The Bertz CT molecular complexity index is 1000. The molecule has 4 aliphatic rings. The van der Waals surface area contributed by atoms with E-state index in [1.165, 1.54) is 17.9 Å². The molecule has 1 amide bonds. The zero-order valence-corrected chi connectivity index (χ0v) is 17.1. The second kappa shape index (κ2) is 6.23. The molecule has 1 saturated heterocycles. The Balaban J connectivity index is 1.79. The van der Waals surface area contributed by atoms with Crippen molar-refractivity contribution < 1.29 is 33.3 Å². The van der Waals surface area contributed by atoms with Gasteiger partial charge in [-0.1, -0.05) is 12.1 Å². The molecule has 1 aromatic carbocycles. The number of carbonyl (C=O) groups excluding carboxylic acids is 3.